The maximum atomic E-state index is 4.26. The van der Waals surface area contributed by atoms with Crippen molar-refractivity contribution in [3.8, 4) is 0 Å². The Kier molecular flexibility index (Phi) is 1.23. The van der Waals surface area contributed by atoms with Gasteiger partial charge in [-0.05, 0) is 25.1 Å². The first-order valence-electron chi connectivity index (χ1n) is 3.38. The predicted octanol–water partition coefficient (Wildman–Crippen LogP) is 1.54. The average Bonchev–Trinajstić information content (AvgIpc) is 2.04. The monoisotopic (exact) mass is 142 g/mol. The van der Waals surface area contributed by atoms with Crippen LogP contribution < -0.4 is 0 Å². The van der Waals surface area contributed by atoms with Gasteiger partial charge in [-0.2, -0.15) is 0 Å². The van der Waals surface area contributed by atoms with Gasteiger partial charge in [0.2, 0.25) is 0 Å². The molecule has 2 nitrogen and oxygen atoms in total. The Balaban J connectivity index is 2.83. The molecule has 11 heavy (non-hydrogen) atoms. The Labute approximate surface area is 64.9 Å². The number of aryl methyl sites for hydroxylation is 1. The summed E-state index contributed by atoms with van der Waals surface area (Å²) in [7, 11) is 0. The Morgan fingerprint density at radius 3 is 3.27 bits per heavy atom. The van der Waals surface area contributed by atoms with Gasteiger partial charge < -0.3 is 0 Å². The van der Waals surface area contributed by atoms with Gasteiger partial charge in [-0.15, -0.1) is 0 Å². The van der Waals surface area contributed by atoms with Crippen LogP contribution in [0.4, 0.5) is 0 Å². The van der Waals surface area contributed by atoms with Crippen LogP contribution in [0.25, 0.3) is 11.0 Å². The standard InChI is InChI=1S/C9H6N2/c1-7-6-10-8-4-2-3-5-9(8)11-7/h3,5-6H,1H3. The Morgan fingerprint density at radius 2 is 2.36 bits per heavy atom. The molecule has 2 rings (SSSR count). The van der Waals surface area contributed by atoms with Gasteiger partial charge in [-0.3, -0.25) is 0 Å². The highest BCUT2D eigenvalue weighted by Gasteiger charge is 1.92. The molecule has 0 atom stereocenters. The number of aromatic nitrogens is 2. The minimum Gasteiger partial charge on any atom is -0.249 e. The molecule has 2 heteroatoms. The van der Waals surface area contributed by atoms with Gasteiger partial charge in [-0.25, -0.2) is 9.97 Å². The van der Waals surface area contributed by atoms with Crippen molar-refractivity contribution in [2.24, 2.45) is 0 Å². The number of fused-ring (bicyclic) bond motifs is 1. The molecule has 0 saturated heterocycles. The van der Waals surface area contributed by atoms with E-state index in [0.29, 0.717) is 0 Å². The molecule has 0 bridgehead atoms. The number of rotatable bonds is 0. The van der Waals surface area contributed by atoms with Gasteiger partial charge in [-0.1, -0.05) is 6.07 Å². The molecule has 0 saturated carbocycles. The summed E-state index contributed by atoms with van der Waals surface area (Å²) >= 11 is 0. The van der Waals surface area contributed by atoms with E-state index in [1.165, 1.54) is 0 Å². The van der Waals surface area contributed by atoms with Gasteiger partial charge in [0.15, 0.2) is 0 Å². The van der Waals surface area contributed by atoms with Gasteiger partial charge in [0, 0.05) is 6.20 Å². The second kappa shape index (κ2) is 2.21. The molecule has 1 aromatic carbocycles. The average molecular weight is 142 g/mol. The Hall–Kier alpha value is -1.62. The molecular formula is C9H6N2. The Morgan fingerprint density at radius 1 is 1.45 bits per heavy atom. The van der Waals surface area contributed by atoms with Crippen LogP contribution in [0.15, 0.2) is 18.3 Å². The molecule has 0 N–H and O–H groups in total. The zero-order valence-corrected chi connectivity index (χ0v) is 6.13. The zero-order chi connectivity index (χ0) is 7.68. The van der Waals surface area contributed by atoms with Crippen molar-refractivity contribution in [3.05, 3.63) is 36.2 Å². The first-order chi connectivity index (χ1) is 5.36. The fourth-order valence-corrected chi connectivity index (χ4v) is 0.939. The van der Waals surface area contributed by atoms with E-state index in [0.717, 1.165) is 16.7 Å². The molecule has 0 radical (unpaired) electrons. The predicted molar refractivity (Wildman–Crippen MR) is 41.9 cm³/mol. The lowest BCUT2D eigenvalue weighted by Crippen LogP contribution is -1.84. The molecular weight excluding hydrogens is 136 g/mol. The fourth-order valence-electron chi connectivity index (χ4n) is 0.939. The third kappa shape index (κ3) is 1.01. The summed E-state index contributed by atoms with van der Waals surface area (Å²) in [6.45, 7) is 1.92. The van der Waals surface area contributed by atoms with Crippen LogP contribution in [0.2, 0.25) is 0 Å². The van der Waals surface area contributed by atoms with Crippen LogP contribution in [0.1, 0.15) is 5.69 Å². The third-order valence-electron chi connectivity index (χ3n) is 1.44. The molecule has 0 aliphatic carbocycles. The summed E-state index contributed by atoms with van der Waals surface area (Å²) in [4.78, 5) is 8.39. The smallest absolute Gasteiger partial charge is 0.139 e. The number of hydrogen-bond acceptors (Lipinski definition) is 2. The van der Waals surface area contributed by atoms with Gasteiger partial charge in [0.1, 0.15) is 5.52 Å². The van der Waals surface area contributed by atoms with Crippen LogP contribution in [0.3, 0.4) is 0 Å². The van der Waals surface area contributed by atoms with E-state index < -0.39 is 0 Å². The molecule has 0 aliphatic heterocycles. The minimum absolute atomic E-state index is 0.776. The lowest BCUT2D eigenvalue weighted by molar-refractivity contribution is 1.19. The fraction of sp³-hybridized carbons (Fsp3) is 0.111. The van der Waals surface area contributed by atoms with Gasteiger partial charge in [0.05, 0.1) is 11.2 Å². The molecule has 0 amide bonds. The van der Waals surface area contributed by atoms with E-state index in [2.05, 4.69) is 22.1 Å². The van der Waals surface area contributed by atoms with E-state index in [1.807, 2.05) is 13.0 Å². The summed E-state index contributed by atoms with van der Waals surface area (Å²) in [5.74, 6) is 0. The van der Waals surface area contributed by atoms with Crippen LogP contribution in [-0.2, 0) is 0 Å². The van der Waals surface area contributed by atoms with Crippen LogP contribution in [-0.4, -0.2) is 9.97 Å². The minimum atomic E-state index is 0.776. The molecule has 2 aromatic rings. The number of hydrogen-bond donors (Lipinski definition) is 0. The molecule has 0 aliphatic rings. The Bertz CT molecular complexity index is 382. The van der Waals surface area contributed by atoms with E-state index >= 15 is 0 Å². The lowest BCUT2D eigenvalue weighted by atomic mass is 10.3. The first kappa shape index (κ1) is 6.11. The molecule has 0 unspecified atom stereocenters. The van der Waals surface area contributed by atoms with E-state index in [-0.39, 0.29) is 0 Å². The van der Waals surface area contributed by atoms with Crippen molar-refractivity contribution in [1.29, 1.82) is 0 Å². The van der Waals surface area contributed by atoms with E-state index in [9.17, 15) is 0 Å². The highest BCUT2D eigenvalue weighted by molar-refractivity contribution is 5.71. The summed E-state index contributed by atoms with van der Waals surface area (Å²) < 4.78 is 0. The van der Waals surface area contributed by atoms with E-state index in [4.69, 9.17) is 0 Å². The third-order valence-corrected chi connectivity index (χ3v) is 1.44. The number of nitrogens with zero attached hydrogens (tertiary/aromatic N) is 2. The second-order valence-corrected chi connectivity index (χ2v) is 2.35. The van der Waals surface area contributed by atoms with Crippen molar-refractivity contribution in [1.82, 2.24) is 9.97 Å². The van der Waals surface area contributed by atoms with Crippen LogP contribution in [0.5, 0.6) is 0 Å². The quantitative estimate of drug-likeness (QED) is 0.557. The van der Waals surface area contributed by atoms with Crippen molar-refractivity contribution >= 4 is 11.0 Å². The summed E-state index contributed by atoms with van der Waals surface area (Å²) in [5, 5.41) is 0. The van der Waals surface area contributed by atoms with Gasteiger partial charge >= 0.3 is 0 Å². The normalized spacial score (nSPS) is 9.55. The SMILES string of the molecule is Cc1cnc2c#cccc2n1. The highest BCUT2D eigenvalue weighted by atomic mass is 14.8. The van der Waals surface area contributed by atoms with Crippen LogP contribution >= 0.6 is 0 Å². The topological polar surface area (TPSA) is 25.8 Å². The zero-order valence-electron chi connectivity index (χ0n) is 6.13. The summed E-state index contributed by atoms with van der Waals surface area (Å²) in [5.41, 5.74) is 2.58. The van der Waals surface area contributed by atoms with Crippen LogP contribution in [0, 0.1) is 19.1 Å². The molecule has 1 heterocycles. The largest absolute Gasteiger partial charge is 0.249 e. The summed E-state index contributed by atoms with van der Waals surface area (Å²) in [6, 6.07) is 9.38. The van der Waals surface area contributed by atoms with Crippen molar-refractivity contribution in [2.75, 3.05) is 0 Å². The van der Waals surface area contributed by atoms with Crippen molar-refractivity contribution in [3.63, 3.8) is 0 Å². The van der Waals surface area contributed by atoms with E-state index in [1.54, 1.807) is 12.3 Å². The van der Waals surface area contributed by atoms with Crippen molar-refractivity contribution in [2.45, 2.75) is 6.92 Å². The maximum Gasteiger partial charge on any atom is 0.139 e. The molecule has 52 valence electrons. The molecule has 0 fully saturated rings. The maximum absolute atomic E-state index is 4.26. The highest BCUT2D eigenvalue weighted by Crippen LogP contribution is 2.03. The first-order valence-corrected chi connectivity index (χ1v) is 3.38. The lowest BCUT2D eigenvalue weighted by Gasteiger charge is -1.92. The summed E-state index contributed by atoms with van der Waals surface area (Å²) in [6.07, 6.45) is 1.73. The van der Waals surface area contributed by atoms with Crippen molar-refractivity contribution < 1.29 is 0 Å². The van der Waals surface area contributed by atoms with Gasteiger partial charge in [0.25, 0.3) is 0 Å². The molecule has 1 aromatic heterocycles. The second-order valence-electron chi connectivity index (χ2n) is 2.35. The molecule has 0 spiro atoms.